The monoisotopic (exact) mass is 381 g/mol. The molecule has 2 aliphatic rings. The number of benzene rings is 1. The number of carbonyl (C=O) groups is 1. The number of hydrogen-bond acceptors (Lipinski definition) is 6. The van der Waals surface area contributed by atoms with Gasteiger partial charge in [0.15, 0.2) is 10.9 Å². The minimum absolute atomic E-state index is 0.216. The van der Waals surface area contributed by atoms with E-state index in [-0.39, 0.29) is 28.9 Å². The van der Waals surface area contributed by atoms with Crippen molar-refractivity contribution in [2.24, 2.45) is 0 Å². The molecule has 132 valence electrons. The fourth-order valence-corrected chi connectivity index (χ4v) is 3.16. The van der Waals surface area contributed by atoms with Gasteiger partial charge in [-0.2, -0.15) is 8.42 Å². The molecule has 0 bridgehead atoms. The number of amides is 1. The fraction of sp³-hybridized carbons (Fsp3) is 0.200. The Morgan fingerprint density at radius 3 is 2.68 bits per heavy atom. The maximum Gasteiger partial charge on any atom is 0.273 e. The predicted molar refractivity (Wildman–Crippen MR) is 95.5 cm³/mol. The smallest absolute Gasteiger partial charge is 0.273 e. The molecule has 10 heteroatoms. The van der Waals surface area contributed by atoms with Crippen molar-refractivity contribution >= 4 is 39.0 Å². The number of thiocarbonyl (C=S) groups is 1. The molecule has 0 unspecified atom stereocenters. The van der Waals surface area contributed by atoms with Crippen molar-refractivity contribution in [1.82, 2.24) is 10.6 Å². The SMILES string of the molecule is O=C1NC(=S)NC1=CC=C1Oc2ccccc2N1CCCS(=O)(=O)O. The van der Waals surface area contributed by atoms with Crippen molar-refractivity contribution in [2.75, 3.05) is 17.2 Å². The van der Waals surface area contributed by atoms with E-state index in [1.165, 1.54) is 6.08 Å². The number of hydrogen-bond donors (Lipinski definition) is 3. The predicted octanol–water partition coefficient (Wildman–Crippen LogP) is 0.893. The molecule has 0 atom stereocenters. The average molecular weight is 381 g/mol. The summed E-state index contributed by atoms with van der Waals surface area (Å²) in [6, 6.07) is 7.28. The average Bonchev–Trinajstić information content (AvgIpc) is 3.04. The molecule has 1 amide bonds. The summed E-state index contributed by atoms with van der Waals surface area (Å²) >= 11 is 4.87. The van der Waals surface area contributed by atoms with Crippen LogP contribution < -0.4 is 20.3 Å². The van der Waals surface area contributed by atoms with Crippen LogP contribution >= 0.6 is 12.2 Å². The Balaban J connectivity index is 1.82. The minimum atomic E-state index is -4.03. The van der Waals surface area contributed by atoms with E-state index in [0.29, 0.717) is 18.2 Å². The van der Waals surface area contributed by atoms with Crippen molar-refractivity contribution in [3.63, 3.8) is 0 Å². The largest absolute Gasteiger partial charge is 0.439 e. The number of fused-ring (bicyclic) bond motifs is 1. The molecule has 0 aliphatic carbocycles. The van der Waals surface area contributed by atoms with Gasteiger partial charge in [-0.3, -0.25) is 14.7 Å². The lowest BCUT2D eigenvalue weighted by Gasteiger charge is -2.17. The van der Waals surface area contributed by atoms with Crippen molar-refractivity contribution < 1.29 is 22.5 Å². The summed E-state index contributed by atoms with van der Waals surface area (Å²) in [4.78, 5) is 13.4. The van der Waals surface area contributed by atoms with Crippen LogP contribution in [-0.4, -0.2) is 36.3 Å². The number of allylic oxidation sites excluding steroid dienone is 2. The van der Waals surface area contributed by atoms with E-state index < -0.39 is 10.1 Å². The Bertz CT molecular complexity index is 892. The van der Waals surface area contributed by atoms with Crippen LogP contribution in [0.4, 0.5) is 5.69 Å². The Labute approximate surface area is 149 Å². The molecule has 25 heavy (non-hydrogen) atoms. The molecule has 0 spiro atoms. The van der Waals surface area contributed by atoms with E-state index >= 15 is 0 Å². The van der Waals surface area contributed by atoms with Gasteiger partial charge in [0.2, 0.25) is 5.88 Å². The normalized spacial score (nSPS) is 19.8. The third-order valence-electron chi connectivity index (χ3n) is 3.53. The van der Waals surface area contributed by atoms with Gasteiger partial charge >= 0.3 is 0 Å². The Morgan fingerprint density at radius 2 is 2.00 bits per heavy atom. The number of para-hydroxylation sites is 2. The lowest BCUT2D eigenvalue weighted by atomic mass is 10.2. The summed E-state index contributed by atoms with van der Waals surface area (Å²) in [6.07, 6.45) is 3.35. The lowest BCUT2D eigenvalue weighted by molar-refractivity contribution is -0.115. The van der Waals surface area contributed by atoms with Gasteiger partial charge in [-0.15, -0.1) is 0 Å². The summed E-state index contributed by atoms with van der Waals surface area (Å²) in [6.45, 7) is 0.323. The number of nitrogens with one attached hydrogen (secondary N) is 2. The number of ether oxygens (including phenoxy) is 1. The van der Waals surface area contributed by atoms with E-state index in [0.717, 1.165) is 5.69 Å². The first-order valence-electron chi connectivity index (χ1n) is 7.37. The molecule has 3 rings (SSSR count). The summed E-state index contributed by atoms with van der Waals surface area (Å²) in [5.41, 5.74) is 1.07. The van der Waals surface area contributed by atoms with Gasteiger partial charge in [0.05, 0.1) is 11.4 Å². The topological polar surface area (TPSA) is 108 Å². The Morgan fingerprint density at radius 1 is 1.24 bits per heavy atom. The van der Waals surface area contributed by atoms with Gasteiger partial charge in [0.25, 0.3) is 16.0 Å². The van der Waals surface area contributed by atoms with Crippen LogP contribution in [0.2, 0.25) is 0 Å². The van der Waals surface area contributed by atoms with E-state index in [4.69, 9.17) is 21.5 Å². The molecule has 2 heterocycles. The van der Waals surface area contributed by atoms with Crippen LogP contribution in [0, 0.1) is 0 Å². The first-order chi connectivity index (χ1) is 11.8. The zero-order chi connectivity index (χ0) is 18.0. The van der Waals surface area contributed by atoms with Crippen LogP contribution in [-0.2, 0) is 14.9 Å². The van der Waals surface area contributed by atoms with Gasteiger partial charge in [0.1, 0.15) is 5.70 Å². The first kappa shape index (κ1) is 17.4. The second kappa shape index (κ2) is 6.82. The molecule has 8 nitrogen and oxygen atoms in total. The zero-order valence-corrected chi connectivity index (χ0v) is 14.6. The highest BCUT2D eigenvalue weighted by molar-refractivity contribution is 7.85. The molecule has 2 aliphatic heterocycles. The van der Waals surface area contributed by atoms with E-state index in [1.54, 1.807) is 17.0 Å². The second-order valence-corrected chi connectivity index (χ2v) is 7.33. The van der Waals surface area contributed by atoms with Gasteiger partial charge in [-0.05, 0) is 36.8 Å². The maximum atomic E-state index is 11.7. The zero-order valence-electron chi connectivity index (χ0n) is 12.9. The standard InChI is InChI=1S/C15H15N3O5S2/c19-14-10(16-15(24)17-14)6-7-13-18(8-3-9-25(20,21)22)11-4-1-2-5-12(11)23-13/h1-2,4-7H,3,8-9H2,(H,20,21,22)(H2,16,17,19,24). The summed E-state index contributed by atoms with van der Waals surface area (Å²) in [5, 5.41) is 5.42. The van der Waals surface area contributed by atoms with Crippen LogP contribution in [0.15, 0.2) is 48.0 Å². The maximum absolute atomic E-state index is 11.7. The molecule has 0 aromatic heterocycles. The highest BCUT2D eigenvalue weighted by Gasteiger charge is 2.26. The minimum Gasteiger partial charge on any atom is -0.439 e. The van der Waals surface area contributed by atoms with Crippen molar-refractivity contribution in [2.45, 2.75) is 6.42 Å². The molecule has 0 radical (unpaired) electrons. The molecule has 0 saturated carbocycles. The van der Waals surface area contributed by atoms with Crippen molar-refractivity contribution in [3.8, 4) is 5.75 Å². The quantitative estimate of drug-likeness (QED) is 0.392. The number of rotatable bonds is 5. The van der Waals surface area contributed by atoms with Gasteiger partial charge < -0.3 is 15.0 Å². The van der Waals surface area contributed by atoms with Crippen LogP contribution in [0.1, 0.15) is 6.42 Å². The highest BCUT2D eigenvalue weighted by atomic mass is 32.2. The molecule has 1 aromatic rings. The number of anilines is 1. The highest BCUT2D eigenvalue weighted by Crippen LogP contribution is 2.38. The summed E-state index contributed by atoms with van der Waals surface area (Å²) in [5.74, 6) is 0.378. The first-order valence-corrected chi connectivity index (χ1v) is 9.39. The van der Waals surface area contributed by atoms with Crippen LogP contribution in [0.25, 0.3) is 0 Å². The third-order valence-corrected chi connectivity index (χ3v) is 4.54. The molecule has 1 aromatic carbocycles. The fourth-order valence-electron chi connectivity index (χ4n) is 2.47. The van der Waals surface area contributed by atoms with Crippen LogP contribution in [0.3, 0.4) is 0 Å². The molecular weight excluding hydrogens is 366 g/mol. The van der Waals surface area contributed by atoms with Gasteiger partial charge in [-0.1, -0.05) is 12.1 Å². The van der Waals surface area contributed by atoms with Crippen molar-refractivity contribution in [1.29, 1.82) is 0 Å². The second-order valence-electron chi connectivity index (χ2n) is 5.35. The van der Waals surface area contributed by atoms with Gasteiger partial charge in [0, 0.05) is 12.6 Å². The van der Waals surface area contributed by atoms with Crippen LogP contribution in [0.5, 0.6) is 5.75 Å². The third kappa shape index (κ3) is 4.16. The number of carbonyl (C=O) groups excluding carboxylic acids is 1. The Hall–Kier alpha value is -2.43. The van der Waals surface area contributed by atoms with E-state index in [1.807, 2.05) is 18.2 Å². The lowest BCUT2D eigenvalue weighted by Crippen LogP contribution is -2.23. The number of nitrogens with zero attached hydrogens (tertiary/aromatic N) is 1. The van der Waals surface area contributed by atoms with E-state index in [9.17, 15) is 13.2 Å². The molecule has 3 N–H and O–H groups in total. The summed E-state index contributed by atoms with van der Waals surface area (Å²) < 4.78 is 36.5. The molecule has 1 fully saturated rings. The molecular formula is C15H15N3O5S2. The molecule has 1 saturated heterocycles. The Kier molecular flexibility index (Phi) is 4.75. The summed E-state index contributed by atoms with van der Waals surface area (Å²) in [7, 11) is -4.03. The van der Waals surface area contributed by atoms with Crippen molar-refractivity contribution in [3.05, 3.63) is 48.0 Å². The van der Waals surface area contributed by atoms with E-state index in [2.05, 4.69) is 10.6 Å². The van der Waals surface area contributed by atoms with Gasteiger partial charge in [-0.25, -0.2) is 0 Å².